The van der Waals surface area contributed by atoms with Gasteiger partial charge in [0.2, 0.25) is 0 Å². The van der Waals surface area contributed by atoms with Crippen LogP contribution >= 0.6 is 23.2 Å². The lowest BCUT2D eigenvalue weighted by molar-refractivity contribution is 0.0713. The number of carbonyl (C=O) groups is 1. The lowest BCUT2D eigenvalue weighted by atomic mass is 9.89. The van der Waals surface area contributed by atoms with Crippen LogP contribution in [0.3, 0.4) is 0 Å². The first-order chi connectivity index (χ1) is 16.3. The van der Waals surface area contributed by atoms with Crippen LogP contribution in [0.2, 0.25) is 10.0 Å². The molecule has 0 aliphatic carbocycles. The molecule has 0 saturated carbocycles. The number of benzene rings is 2. The molecule has 1 saturated heterocycles. The molecule has 3 aromatic rings. The largest absolute Gasteiger partial charge is 0.352 e. The number of hydrogen-bond acceptors (Lipinski definition) is 4. The first-order valence-corrected chi connectivity index (χ1v) is 11.4. The van der Waals surface area contributed by atoms with Crippen LogP contribution in [0.4, 0.5) is 15.8 Å². The van der Waals surface area contributed by atoms with Crippen LogP contribution in [0, 0.1) is 17.1 Å². The van der Waals surface area contributed by atoms with Gasteiger partial charge in [0, 0.05) is 26.3 Å². The predicted molar refractivity (Wildman–Crippen MR) is 130 cm³/mol. The molecule has 1 amide bonds. The molecule has 0 radical (unpaired) electrons. The van der Waals surface area contributed by atoms with Gasteiger partial charge in [0.25, 0.3) is 11.5 Å². The summed E-state index contributed by atoms with van der Waals surface area (Å²) in [5.74, 6) is -0.295. The number of halogens is 3. The molecule has 1 aromatic heterocycles. The highest BCUT2D eigenvalue weighted by atomic mass is 35.5. The van der Waals surface area contributed by atoms with Crippen LogP contribution in [0.1, 0.15) is 40.2 Å². The minimum atomic E-state index is -0.458. The van der Waals surface area contributed by atoms with E-state index in [2.05, 4.69) is 5.32 Å². The summed E-state index contributed by atoms with van der Waals surface area (Å²) in [6.07, 6.45) is 2.94. The van der Waals surface area contributed by atoms with Gasteiger partial charge in [0.1, 0.15) is 10.8 Å². The summed E-state index contributed by atoms with van der Waals surface area (Å²) in [6.45, 7) is 1.02. The number of nitriles is 1. The van der Waals surface area contributed by atoms with Gasteiger partial charge in [0.15, 0.2) is 0 Å². The Labute approximate surface area is 206 Å². The lowest BCUT2D eigenvalue weighted by Crippen LogP contribution is -2.39. The highest BCUT2D eigenvalue weighted by molar-refractivity contribution is 6.35. The van der Waals surface area contributed by atoms with Crippen LogP contribution in [0.5, 0.6) is 0 Å². The van der Waals surface area contributed by atoms with Crippen molar-refractivity contribution in [3.8, 4) is 6.07 Å². The van der Waals surface area contributed by atoms with E-state index in [1.54, 1.807) is 29.2 Å². The molecule has 4 rings (SSSR count). The monoisotopic (exact) mass is 498 g/mol. The molecular weight excluding hydrogens is 478 g/mol. The van der Waals surface area contributed by atoms with E-state index in [4.69, 9.17) is 28.5 Å². The third-order valence-electron chi connectivity index (χ3n) is 6.03. The Morgan fingerprint density at radius 1 is 1.15 bits per heavy atom. The number of amides is 1. The number of anilines is 2. The summed E-state index contributed by atoms with van der Waals surface area (Å²) in [5.41, 5.74) is 1.80. The normalized spacial score (nSPS) is 14.0. The Bertz CT molecular complexity index is 1340. The van der Waals surface area contributed by atoms with E-state index in [0.717, 1.165) is 18.4 Å². The maximum atomic E-state index is 13.5. The van der Waals surface area contributed by atoms with Gasteiger partial charge in [-0.15, -0.1) is 0 Å². The number of pyridine rings is 1. The summed E-state index contributed by atoms with van der Waals surface area (Å²) in [6, 6.07) is 13.1. The number of likely N-dealkylation sites (tertiary alicyclic amines) is 1. The molecule has 1 aliphatic heterocycles. The molecule has 1 aliphatic rings. The van der Waals surface area contributed by atoms with Gasteiger partial charge in [-0.05, 0) is 54.7 Å². The Morgan fingerprint density at radius 3 is 2.44 bits per heavy atom. The molecule has 0 spiro atoms. The van der Waals surface area contributed by atoms with Crippen molar-refractivity contribution in [3.63, 3.8) is 0 Å². The zero-order valence-corrected chi connectivity index (χ0v) is 19.8. The molecule has 0 bridgehead atoms. The van der Waals surface area contributed by atoms with Gasteiger partial charge in [-0.1, -0.05) is 35.3 Å². The van der Waals surface area contributed by atoms with E-state index in [1.165, 1.54) is 36.0 Å². The maximum Gasteiger partial charge on any atom is 0.271 e. The second-order valence-electron chi connectivity index (χ2n) is 8.20. The maximum absolute atomic E-state index is 13.5. The number of aromatic nitrogens is 1. The van der Waals surface area contributed by atoms with Crippen molar-refractivity contribution in [2.45, 2.75) is 18.8 Å². The second kappa shape index (κ2) is 9.88. The molecule has 2 heterocycles. The van der Waals surface area contributed by atoms with Crippen molar-refractivity contribution >= 4 is 40.5 Å². The quantitative estimate of drug-likeness (QED) is 0.517. The number of hydrogen-bond donors (Lipinski definition) is 1. The third kappa shape index (κ3) is 4.79. The molecule has 9 heteroatoms. The van der Waals surface area contributed by atoms with Crippen molar-refractivity contribution in [1.29, 1.82) is 5.26 Å². The van der Waals surface area contributed by atoms with Crippen LogP contribution in [0.25, 0.3) is 0 Å². The standard InChI is InChI=1S/C25H21Cl2FN4O2/c1-31-14-19(23(22(27)25(31)34)30-21-7-2-15(13-29)12-20(21)26)24(33)32-10-8-17(9-11-32)16-3-5-18(28)6-4-16/h2-7,12,14,17,30H,8-11H2,1H3. The second-order valence-corrected chi connectivity index (χ2v) is 8.98. The lowest BCUT2D eigenvalue weighted by Gasteiger charge is -2.33. The molecule has 174 valence electrons. The Morgan fingerprint density at radius 2 is 1.82 bits per heavy atom. The molecule has 6 nitrogen and oxygen atoms in total. The van der Waals surface area contributed by atoms with Gasteiger partial charge in [-0.25, -0.2) is 4.39 Å². The van der Waals surface area contributed by atoms with Crippen molar-refractivity contribution in [2.24, 2.45) is 7.05 Å². The number of aryl methyl sites for hydroxylation is 1. The van der Waals surface area contributed by atoms with E-state index in [0.29, 0.717) is 24.3 Å². The predicted octanol–water partition coefficient (Wildman–Crippen LogP) is 5.47. The van der Waals surface area contributed by atoms with Crippen LogP contribution in [0.15, 0.2) is 53.5 Å². The Balaban J connectivity index is 1.60. The van der Waals surface area contributed by atoms with Gasteiger partial charge in [0.05, 0.1) is 33.6 Å². The summed E-state index contributed by atoms with van der Waals surface area (Å²) < 4.78 is 14.5. The van der Waals surface area contributed by atoms with Crippen LogP contribution in [-0.4, -0.2) is 28.5 Å². The smallest absolute Gasteiger partial charge is 0.271 e. The van der Waals surface area contributed by atoms with Crippen molar-refractivity contribution in [1.82, 2.24) is 9.47 Å². The third-order valence-corrected chi connectivity index (χ3v) is 6.69. The van der Waals surface area contributed by atoms with E-state index in [1.807, 2.05) is 6.07 Å². The zero-order chi connectivity index (χ0) is 24.4. The van der Waals surface area contributed by atoms with E-state index >= 15 is 0 Å². The molecular formula is C25H21Cl2FN4O2. The zero-order valence-electron chi connectivity index (χ0n) is 18.3. The van der Waals surface area contributed by atoms with Gasteiger partial charge >= 0.3 is 0 Å². The molecule has 0 unspecified atom stereocenters. The number of piperidine rings is 1. The topological polar surface area (TPSA) is 78.1 Å². The average Bonchev–Trinajstić information content (AvgIpc) is 2.85. The summed E-state index contributed by atoms with van der Waals surface area (Å²) in [7, 11) is 1.53. The van der Waals surface area contributed by atoms with E-state index < -0.39 is 5.56 Å². The molecule has 2 aromatic carbocycles. The van der Waals surface area contributed by atoms with Crippen molar-refractivity contribution in [2.75, 3.05) is 18.4 Å². The Kier molecular flexibility index (Phi) is 6.92. The minimum Gasteiger partial charge on any atom is -0.352 e. The van der Waals surface area contributed by atoms with Crippen LogP contribution < -0.4 is 10.9 Å². The van der Waals surface area contributed by atoms with Crippen molar-refractivity contribution in [3.05, 3.63) is 91.6 Å². The fourth-order valence-corrected chi connectivity index (χ4v) is 4.63. The summed E-state index contributed by atoms with van der Waals surface area (Å²) >= 11 is 12.7. The highest BCUT2D eigenvalue weighted by Crippen LogP contribution is 2.34. The number of carbonyl (C=O) groups excluding carboxylic acids is 1. The molecule has 0 atom stereocenters. The van der Waals surface area contributed by atoms with Crippen LogP contribution in [-0.2, 0) is 7.05 Å². The fourth-order valence-electron chi connectivity index (χ4n) is 4.12. The van der Waals surface area contributed by atoms with Gasteiger partial charge in [-0.3, -0.25) is 9.59 Å². The summed E-state index contributed by atoms with van der Waals surface area (Å²) in [5, 5.41) is 12.2. The SMILES string of the molecule is Cn1cc(C(=O)N2CCC(c3ccc(F)cc3)CC2)c(Nc2ccc(C#N)cc2Cl)c(Cl)c1=O. The van der Waals surface area contributed by atoms with Crippen molar-refractivity contribution < 1.29 is 9.18 Å². The highest BCUT2D eigenvalue weighted by Gasteiger charge is 2.28. The van der Waals surface area contributed by atoms with Gasteiger partial charge < -0.3 is 14.8 Å². The fraction of sp³-hybridized carbons (Fsp3) is 0.240. The average molecular weight is 499 g/mol. The van der Waals surface area contributed by atoms with E-state index in [9.17, 15) is 14.0 Å². The number of nitrogens with one attached hydrogen (secondary N) is 1. The number of rotatable bonds is 4. The molecule has 1 fully saturated rings. The van der Waals surface area contributed by atoms with Gasteiger partial charge in [-0.2, -0.15) is 5.26 Å². The molecule has 34 heavy (non-hydrogen) atoms. The number of nitrogens with zero attached hydrogens (tertiary/aromatic N) is 3. The Hall–Kier alpha value is -3.34. The molecule has 1 N–H and O–H groups in total. The minimum absolute atomic E-state index is 0.130. The first-order valence-electron chi connectivity index (χ1n) is 10.7. The summed E-state index contributed by atoms with van der Waals surface area (Å²) in [4.78, 5) is 27.7. The van der Waals surface area contributed by atoms with E-state index in [-0.39, 0.29) is 38.9 Å². The first kappa shape index (κ1) is 23.8.